The molecule has 3 aromatic carbocycles. The highest BCUT2D eigenvalue weighted by Crippen LogP contribution is 2.50. The number of fused-ring (bicyclic) bond motifs is 3. The molecule has 5 rings (SSSR count). The number of hydrogen-bond acceptors (Lipinski definition) is 2. The SMILES string of the molecule is CC1CC(C)(C)N(C(=O)N2c3ccccc3Sc3ccccc32)c2ccccc21. The highest BCUT2D eigenvalue weighted by Gasteiger charge is 2.43. The lowest BCUT2D eigenvalue weighted by atomic mass is 9.80. The van der Waals surface area contributed by atoms with Crippen LogP contribution in [0.2, 0.25) is 0 Å². The largest absolute Gasteiger partial charge is 0.334 e. The number of anilines is 3. The van der Waals surface area contributed by atoms with Gasteiger partial charge >= 0.3 is 6.03 Å². The maximum atomic E-state index is 14.2. The number of amides is 2. The van der Waals surface area contributed by atoms with E-state index in [2.05, 4.69) is 51.1 Å². The third-order valence-corrected chi connectivity index (χ3v) is 7.06. The molecule has 0 spiro atoms. The molecule has 0 bridgehead atoms. The number of urea groups is 1. The summed E-state index contributed by atoms with van der Waals surface area (Å²) in [4.78, 5) is 20.3. The minimum Gasteiger partial charge on any atom is -0.288 e. The van der Waals surface area contributed by atoms with Crippen LogP contribution in [0.1, 0.15) is 38.7 Å². The van der Waals surface area contributed by atoms with Crippen molar-refractivity contribution in [3.63, 3.8) is 0 Å². The fraction of sp³-hybridized carbons (Fsp3) is 0.240. The molecule has 1 unspecified atom stereocenters. The number of rotatable bonds is 0. The summed E-state index contributed by atoms with van der Waals surface area (Å²) in [6.45, 7) is 6.60. The van der Waals surface area contributed by atoms with Crippen LogP contribution in [0.3, 0.4) is 0 Å². The fourth-order valence-corrected chi connectivity index (χ4v) is 5.82. The van der Waals surface area contributed by atoms with E-state index in [1.54, 1.807) is 11.8 Å². The van der Waals surface area contributed by atoms with Crippen molar-refractivity contribution < 1.29 is 4.79 Å². The summed E-state index contributed by atoms with van der Waals surface area (Å²) in [6, 6.07) is 24.7. The van der Waals surface area contributed by atoms with Gasteiger partial charge in [0.25, 0.3) is 0 Å². The zero-order valence-electron chi connectivity index (χ0n) is 16.9. The molecule has 2 aliphatic rings. The molecule has 3 nitrogen and oxygen atoms in total. The zero-order chi connectivity index (χ0) is 20.2. The third-order valence-electron chi connectivity index (χ3n) is 5.93. The van der Waals surface area contributed by atoms with Crippen molar-refractivity contribution in [3.8, 4) is 0 Å². The minimum atomic E-state index is -0.278. The Labute approximate surface area is 176 Å². The Hall–Kier alpha value is -2.72. The van der Waals surface area contributed by atoms with Gasteiger partial charge in [0.1, 0.15) is 0 Å². The maximum Gasteiger partial charge on any atom is 0.334 e. The van der Waals surface area contributed by atoms with E-state index in [9.17, 15) is 4.79 Å². The van der Waals surface area contributed by atoms with Crippen LogP contribution in [0.4, 0.5) is 21.9 Å². The molecule has 0 radical (unpaired) electrons. The van der Waals surface area contributed by atoms with Gasteiger partial charge in [-0.1, -0.05) is 61.2 Å². The van der Waals surface area contributed by atoms with E-state index in [-0.39, 0.29) is 11.6 Å². The maximum absolute atomic E-state index is 14.2. The van der Waals surface area contributed by atoms with Crippen molar-refractivity contribution in [1.82, 2.24) is 0 Å². The van der Waals surface area contributed by atoms with E-state index < -0.39 is 0 Å². The number of hydrogen-bond donors (Lipinski definition) is 0. The fourth-order valence-electron chi connectivity index (χ4n) is 4.76. The Morgan fingerprint density at radius 1 is 0.862 bits per heavy atom. The smallest absolute Gasteiger partial charge is 0.288 e. The second kappa shape index (κ2) is 6.67. The van der Waals surface area contributed by atoms with Gasteiger partial charge in [-0.15, -0.1) is 0 Å². The molecule has 4 heteroatoms. The van der Waals surface area contributed by atoms with Crippen LogP contribution in [-0.2, 0) is 0 Å². The third kappa shape index (κ3) is 2.85. The number of carbonyl (C=O) groups excluding carboxylic acids is 1. The number of nitrogens with zero attached hydrogens (tertiary/aromatic N) is 2. The van der Waals surface area contributed by atoms with Gasteiger partial charge in [0, 0.05) is 21.0 Å². The van der Waals surface area contributed by atoms with Gasteiger partial charge in [0.2, 0.25) is 0 Å². The highest BCUT2D eigenvalue weighted by molar-refractivity contribution is 7.99. The predicted molar refractivity (Wildman–Crippen MR) is 121 cm³/mol. The molecular weight excluding hydrogens is 376 g/mol. The second-order valence-electron chi connectivity index (χ2n) is 8.47. The molecular formula is C25H24N2OS. The highest BCUT2D eigenvalue weighted by atomic mass is 32.2. The summed E-state index contributed by atoms with van der Waals surface area (Å²) in [5.74, 6) is 0.418. The predicted octanol–water partition coefficient (Wildman–Crippen LogP) is 7.20. The summed E-state index contributed by atoms with van der Waals surface area (Å²) in [5, 5.41) is 0. The van der Waals surface area contributed by atoms with Crippen molar-refractivity contribution in [2.24, 2.45) is 0 Å². The van der Waals surface area contributed by atoms with E-state index >= 15 is 0 Å². The van der Waals surface area contributed by atoms with Crippen LogP contribution < -0.4 is 9.80 Å². The summed E-state index contributed by atoms with van der Waals surface area (Å²) >= 11 is 1.72. The molecule has 3 aromatic rings. The van der Waals surface area contributed by atoms with Gasteiger partial charge in [-0.05, 0) is 62.1 Å². The van der Waals surface area contributed by atoms with Crippen molar-refractivity contribution >= 4 is 34.9 Å². The van der Waals surface area contributed by atoms with Gasteiger partial charge in [-0.2, -0.15) is 0 Å². The van der Waals surface area contributed by atoms with Gasteiger partial charge < -0.3 is 0 Å². The first kappa shape index (κ1) is 18.3. The zero-order valence-corrected chi connectivity index (χ0v) is 17.7. The van der Waals surface area contributed by atoms with Crippen molar-refractivity contribution in [2.75, 3.05) is 9.80 Å². The Morgan fingerprint density at radius 2 is 1.38 bits per heavy atom. The first-order valence-electron chi connectivity index (χ1n) is 10.1. The summed E-state index contributed by atoms with van der Waals surface area (Å²) in [7, 11) is 0. The van der Waals surface area contributed by atoms with E-state index in [0.29, 0.717) is 5.92 Å². The number of para-hydroxylation sites is 3. The summed E-state index contributed by atoms with van der Waals surface area (Å²) in [5.41, 5.74) is 3.89. The lowest BCUT2D eigenvalue weighted by Crippen LogP contribution is -2.55. The lowest BCUT2D eigenvalue weighted by Gasteiger charge is -2.48. The average molecular weight is 401 g/mol. The standard InChI is InChI=1S/C25H24N2OS/c1-17-16-25(2,3)27(19-11-5-4-10-18(17)19)24(28)26-20-12-6-8-14-22(20)29-23-15-9-7-13-21(23)26/h4-15,17H,16H2,1-3H3. The van der Waals surface area contributed by atoms with Gasteiger partial charge in [-0.3, -0.25) is 9.80 Å². The molecule has 1 atom stereocenters. The van der Waals surface area contributed by atoms with Gasteiger partial charge in [-0.25, -0.2) is 4.79 Å². The Morgan fingerprint density at radius 3 is 2.00 bits per heavy atom. The molecule has 0 saturated carbocycles. The number of benzene rings is 3. The molecule has 0 aromatic heterocycles. The van der Waals surface area contributed by atoms with Gasteiger partial charge in [0.15, 0.2) is 0 Å². The van der Waals surface area contributed by atoms with E-state index in [1.807, 2.05) is 52.3 Å². The molecule has 0 N–H and O–H groups in total. The molecule has 0 saturated heterocycles. The normalized spacial score (nSPS) is 19.2. The average Bonchev–Trinajstić information content (AvgIpc) is 2.71. The van der Waals surface area contributed by atoms with Crippen molar-refractivity contribution in [3.05, 3.63) is 78.4 Å². The van der Waals surface area contributed by atoms with E-state index in [1.165, 1.54) is 5.56 Å². The van der Waals surface area contributed by atoms with Crippen LogP contribution in [0.15, 0.2) is 82.6 Å². The van der Waals surface area contributed by atoms with Gasteiger partial charge in [0.05, 0.1) is 11.4 Å². The topological polar surface area (TPSA) is 23.6 Å². The van der Waals surface area contributed by atoms with Crippen LogP contribution in [0.5, 0.6) is 0 Å². The van der Waals surface area contributed by atoms with E-state index in [4.69, 9.17) is 0 Å². The Kier molecular flexibility index (Phi) is 4.21. The molecule has 0 fully saturated rings. The summed E-state index contributed by atoms with van der Waals surface area (Å²) in [6.07, 6.45) is 0.932. The first-order chi connectivity index (χ1) is 14.0. The monoisotopic (exact) mass is 400 g/mol. The first-order valence-corrected chi connectivity index (χ1v) is 10.9. The number of carbonyl (C=O) groups is 1. The molecule has 2 heterocycles. The molecule has 2 aliphatic heterocycles. The van der Waals surface area contributed by atoms with E-state index in [0.717, 1.165) is 33.3 Å². The van der Waals surface area contributed by atoms with Crippen LogP contribution >= 0.6 is 11.8 Å². The molecule has 146 valence electrons. The minimum absolute atomic E-state index is 0.00884. The van der Waals surface area contributed by atoms with Crippen molar-refractivity contribution in [2.45, 2.75) is 48.4 Å². The van der Waals surface area contributed by atoms with Crippen molar-refractivity contribution in [1.29, 1.82) is 0 Å². The summed E-state index contributed by atoms with van der Waals surface area (Å²) < 4.78 is 0. The Bertz CT molecular complexity index is 1060. The molecule has 0 aliphatic carbocycles. The lowest BCUT2D eigenvalue weighted by molar-refractivity contribution is 0.243. The van der Waals surface area contributed by atoms with Crippen LogP contribution in [-0.4, -0.2) is 11.6 Å². The van der Waals surface area contributed by atoms with Crippen LogP contribution in [0.25, 0.3) is 0 Å². The molecule has 29 heavy (non-hydrogen) atoms. The Balaban J connectivity index is 1.69. The van der Waals surface area contributed by atoms with Crippen LogP contribution in [0, 0.1) is 0 Å². The quantitative estimate of drug-likeness (QED) is 0.398. The second-order valence-corrected chi connectivity index (χ2v) is 9.55. The molecule has 2 amide bonds.